The van der Waals surface area contributed by atoms with Crippen LogP contribution in [-0.4, -0.2) is 11.7 Å². The van der Waals surface area contributed by atoms with Gasteiger partial charge in [0.1, 0.15) is 17.4 Å². The molecule has 7 nitrogen and oxygen atoms in total. The second kappa shape index (κ2) is 11.3. The minimum atomic E-state index is -0.367. The van der Waals surface area contributed by atoms with E-state index < -0.39 is 0 Å². The van der Waals surface area contributed by atoms with Crippen LogP contribution in [0.2, 0.25) is 0 Å². The highest BCUT2D eigenvalue weighted by atomic mass is 19.1. The average Bonchev–Trinajstić information content (AvgIpc) is 3.47. The quantitative estimate of drug-likeness (QED) is 0.103. The van der Waals surface area contributed by atoms with E-state index in [2.05, 4.69) is 11.0 Å². The van der Waals surface area contributed by atoms with Gasteiger partial charge in [-0.25, -0.2) is 19.7 Å². The zero-order valence-corrected chi connectivity index (χ0v) is 20.4. The van der Waals surface area contributed by atoms with E-state index in [4.69, 9.17) is 24.9 Å². The molecule has 0 atom stereocenters. The summed E-state index contributed by atoms with van der Waals surface area (Å²) in [5.41, 5.74) is 8.91. The first-order valence-corrected chi connectivity index (χ1v) is 11.8. The molecule has 4 N–H and O–H groups in total. The van der Waals surface area contributed by atoms with Gasteiger partial charge in [-0.2, -0.15) is 0 Å². The summed E-state index contributed by atoms with van der Waals surface area (Å²) in [6.45, 7) is 0. The molecule has 0 bridgehead atoms. The molecule has 0 amide bonds. The SMILES string of the molecule is N=C(NOc1ccc(F)cc1)c1ccc(-c2coc(-c3ccc(C(=N)NOc4ccc(F)cc4)cc3)c2)cc1. The highest BCUT2D eigenvalue weighted by molar-refractivity contribution is 5.96. The molecule has 0 aliphatic carbocycles. The van der Waals surface area contributed by atoms with Crippen LogP contribution in [0.4, 0.5) is 8.78 Å². The molecule has 39 heavy (non-hydrogen) atoms. The Morgan fingerprint density at radius 2 is 1.00 bits per heavy atom. The smallest absolute Gasteiger partial charge is 0.160 e. The maximum absolute atomic E-state index is 13.0. The highest BCUT2D eigenvalue weighted by Crippen LogP contribution is 2.29. The lowest BCUT2D eigenvalue weighted by Crippen LogP contribution is -2.26. The highest BCUT2D eigenvalue weighted by Gasteiger charge is 2.10. The van der Waals surface area contributed by atoms with E-state index in [1.807, 2.05) is 30.3 Å². The normalized spacial score (nSPS) is 10.5. The molecule has 4 aromatic carbocycles. The number of benzene rings is 4. The third-order valence-corrected chi connectivity index (χ3v) is 5.73. The lowest BCUT2D eigenvalue weighted by Gasteiger charge is -2.10. The molecule has 194 valence electrons. The van der Waals surface area contributed by atoms with E-state index in [0.29, 0.717) is 28.4 Å². The maximum Gasteiger partial charge on any atom is 0.160 e. The van der Waals surface area contributed by atoms with Gasteiger partial charge < -0.3 is 14.1 Å². The Bertz CT molecular complexity index is 1460. The van der Waals surface area contributed by atoms with Crippen LogP contribution < -0.4 is 20.6 Å². The van der Waals surface area contributed by atoms with Gasteiger partial charge in [0.15, 0.2) is 23.2 Å². The topological polar surface area (TPSA) is 103 Å². The Hall–Kier alpha value is -5.44. The monoisotopic (exact) mass is 524 g/mol. The van der Waals surface area contributed by atoms with Gasteiger partial charge in [0, 0.05) is 22.3 Å². The van der Waals surface area contributed by atoms with Crippen molar-refractivity contribution in [3.05, 3.63) is 132 Å². The summed E-state index contributed by atoms with van der Waals surface area (Å²) in [5.74, 6) is 0.814. The molecule has 0 saturated heterocycles. The zero-order chi connectivity index (χ0) is 27.2. The van der Waals surface area contributed by atoms with Crippen molar-refractivity contribution in [2.24, 2.45) is 0 Å². The summed E-state index contributed by atoms with van der Waals surface area (Å²) < 4.78 is 31.8. The van der Waals surface area contributed by atoms with E-state index in [-0.39, 0.29) is 23.3 Å². The van der Waals surface area contributed by atoms with Crippen molar-refractivity contribution in [2.45, 2.75) is 0 Å². The van der Waals surface area contributed by atoms with Crippen molar-refractivity contribution in [2.75, 3.05) is 0 Å². The molecular weight excluding hydrogens is 502 g/mol. The first kappa shape index (κ1) is 25.2. The molecule has 0 saturated carbocycles. The largest absolute Gasteiger partial charge is 0.464 e. The molecule has 0 aliphatic heterocycles. The number of amidine groups is 2. The zero-order valence-electron chi connectivity index (χ0n) is 20.4. The average molecular weight is 525 g/mol. The van der Waals surface area contributed by atoms with Crippen LogP contribution in [0.3, 0.4) is 0 Å². The minimum Gasteiger partial charge on any atom is -0.464 e. The number of hydrogen-bond donors (Lipinski definition) is 4. The summed E-state index contributed by atoms with van der Waals surface area (Å²) >= 11 is 0. The second-order valence-electron chi connectivity index (χ2n) is 8.42. The molecule has 0 spiro atoms. The Labute approximate surface area is 222 Å². The molecular formula is C30H22F2N4O3. The van der Waals surface area contributed by atoms with E-state index in [0.717, 1.165) is 16.7 Å². The fraction of sp³-hybridized carbons (Fsp3) is 0. The number of nitrogens with one attached hydrogen (secondary N) is 4. The summed E-state index contributed by atoms with van der Waals surface area (Å²) in [6, 6.07) is 27.4. The predicted octanol–water partition coefficient (Wildman–Crippen LogP) is 6.71. The van der Waals surface area contributed by atoms with E-state index in [1.165, 1.54) is 48.5 Å². The van der Waals surface area contributed by atoms with Crippen LogP contribution in [0.1, 0.15) is 11.1 Å². The van der Waals surface area contributed by atoms with Crippen LogP contribution in [0, 0.1) is 22.5 Å². The molecule has 0 unspecified atom stereocenters. The van der Waals surface area contributed by atoms with Gasteiger partial charge in [-0.05, 0) is 60.2 Å². The van der Waals surface area contributed by atoms with Crippen LogP contribution in [0.25, 0.3) is 22.5 Å². The van der Waals surface area contributed by atoms with Crippen molar-refractivity contribution >= 4 is 11.7 Å². The van der Waals surface area contributed by atoms with Gasteiger partial charge in [-0.3, -0.25) is 10.8 Å². The van der Waals surface area contributed by atoms with Crippen molar-refractivity contribution in [1.29, 1.82) is 10.8 Å². The Kier molecular flexibility index (Phi) is 7.31. The van der Waals surface area contributed by atoms with Gasteiger partial charge in [0.2, 0.25) is 0 Å². The van der Waals surface area contributed by atoms with E-state index in [1.54, 1.807) is 30.5 Å². The number of halogens is 2. The van der Waals surface area contributed by atoms with Crippen LogP contribution >= 0.6 is 0 Å². The van der Waals surface area contributed by atoms with Gasteiger partial charge >= 0.3 is 0 Å². The third-order valence-electron chi connectivity index (χ3n) is 5.73. The Morgan fingerprint density at radius 1 is 0.564 bits per heavy atom. The maximum atomic E-state index is 13.0. The van der Waals surface area contributed by atoms with Crippen LogP contribution in [-0.2, 0) is 0 Å². The minimum absolute atomic E-state index is 0.0502. The molecule has 0 radical (unpaired) electrons. The Balaban J connectivity index is 1.18. The molecule has 0 aliphatic rings. The molecule has 5 rings (SSSR count). The Morgan fingerprint density at radius 3 is 1.46 bits per heavy atom. The van der Waals surface area contributed by atoms with Crippen molar-refractivity contribution in [3.63, 3.8) is 0 Å². The van der Waals surface area contributed by atoms with E-state index >= 15 is 0 Å². The fourth-order valence-corrected chi connectivity index (χ4v) is 3.61. The van der Waals surface area contributed by atoms with Gasteiger partial charge in [-0.15, -0.1) is 0 Å². The van der Waals surface area contributed by atoms with Crippen molar-refractivity contribution < 1.29 is 22.9 Å². The number of rotatable bonds is 8. The third kappa shape index (κ3) is 6.28. The van der Waals surface area contributed by atoms with Gasteiger partial charge in [-0.1, -0.05) is 48.5 Å². The van der Waals surface area contributed by atoms with E-state index in [9.17, 15) is 8.78 Å². The van der Waals surface area contributed by atoms with Crippen molar-refractivity contribution in [1.82, 2.24) is 11.0 Å². The summed E-state index contributed by atoms with van der Waals surface area (Å²) in [7, 11) is 0. The summed E-state index contributed by atoms with van der Waals surface area (Å²) in [5, 5.41) is 16.3. The molecule has 0 fully saturated rings. The fourth-order valence-electron chi connectivity index (χ4n) is 3.61. The predicted molar refractivity (Wildman–Crippen MR) is 144 cm³/mol. The molecule has 1 heterocycles. The number of hydroxylamine groups is 2. The van der Waals surface area contributed by atoms with Gasteiger partial charge in [0.05, 0.1) is 6.26 Å². The lowest BCUT2D eigenvalue weighted by atomic mass is 10.0. The lowest BCUT2D eigenvalue weighted by molar-refractivity contribution is 0.261. The summed E-state index contributed by atoms with van der Waals surface area (Å²) in [4.78, 5) is 10.6. The van der Waals surface area contributed by atoms with Gasteiger partial charge in [0.25, 0.3) is 0 Å². The second-order valence-corrected chi connectivity index (χ2v) is 8.42. The number of hydrogen-bond acceptors (Lipinski definition) is 5. The molecule has 9 heteroatoms. The van der Waals surface area contributed by atoms with Crippen molar-refractivity contribution in [3.8, 4) is 33.9 Å². The first-order valence-electron chi connectivity index (χ1n) is 11.8. The summed E-state index contributed by atoms with van der Waals surface area (Å²) in [6.07, 6.45) is 1.65. The standard InChI is InChI=1S/C30H22F2N4O3/c31-24-9-13-26(14-10-24)38-35-29(33)21-5-1-19(2-6-21)23-17-28(37-18-23)20-3-7-22(8-4-20)30(34)36-39-27-15-11-25(32)12-16-27/h1-18H,(H2,33,35)(H2,34,36). The van der Waals surface area contributed by atoms with Crippen LogP contribution in [0.15, 0.2) is 114 Å². The number of furan rings is 1. The molecule has 5 aromatic rings. The first-order chi connectivity index (χ1) is 18.9. The molecule has 1 aromatic heterocycles. The van der Waals surface area contributed by atoms with Crippen LogP contribution in [0.5, 0.6) is 11.5 Å².